The maximum Gasteiger partial charge on any atom is 0.264 e. The maximum atomic E-state index is 12.3. The van der Waals surface area contributed by atoms with Crippen molar-refractivity contribution in [3.05, 3.63) is 53.3 Å². The average molecular weight is 325 g/mol. The second kappa shape index (κ2) is 6.45. The Hall–Kier alpha value is -1.59. The third-order valence-electron chi connectivity index (χ3n) is 3.36. The van der Waals surface area contributed by atoms with E-state index in [0.717, 1.165) is 6.42 Å². The average Bonchev–Trinajstić information content (AvgIpc) is 2.47. The number of sulfonamides is 1. The standard InChI is InChI=1S/C15H17ClN2O2S/c1-3-11(2)12-6-8-13(9-7-12)18-21(19,20)14-5-4-10-17-15(14)16/h4-11,18H,3H2,1-2H3. The molecule has 0 amide bonds. The Labute approximate surface area is 130 Å². The zero-order valence-corrected chi connectivity index (χ0v) is 13.4. The van der Waals surface area contributed by atoms with Gasteiger partial charge < -0.3 is 0 Å². The molecule has 6 heteroatoms. The summed E-state index contributed by atoms with van der Waals surface area (Å²) in [6.07, 6.45) is 2.48. The minimum Gasteiger partial charge on any atom is -0.280 e. The van der Waals surface area contributed by atoms with Gasteiger partial charge in [-0.2, -0.15) is 0 Å². The van der Waals surface area contributed by atoms with Crippen molar-refractivity contribution in [2.24, 2.45) is 0 Å². The zero-order chi connectivity index (χ0) is 15.5. The topological polar surface area (TPSA) is 59.1 Å². The van der Waals surface area contributed by atoms with Gasteiger partial charge in [0.25, 0.3) is 10.0 Å². The van der Waals surface area contributed by atoms with Gasteiger partial charge in [0.1, 0.15) is 10.0 Å². The molecule has 0 radical (unpaired) electrons. The van der Waals surface area contributed by atoms with Crippen molar-refractivity contribution in [3.63, 3.8) is 0 Å². The fourth-order valence-electron chi connectivity index (χ4n) is 1.90. The van der Waals surface area contributed by atoms with E-state index in [-0.39, 0.29) is 10.0 Å². The SMILES string of the molecule is CCC(C)c1ccc(NS(=O)(=O)c2cccnc2Cl)cc1. The number of nitrogens with one attached hydrogen (secondary N) is 1. The van der Waals surface area contributed by atoms with E-state index < -0.39 is 10.0 Å². The summed E-state index contributed by atoms with van der Waals surface area (Å²) in [5, 5.41) is -0.0405. The minimum absolute atomic E-state index is 0.0299. The second-order valence-electron chi connectivity index (χ2n) is 4.83. The van der Waals surface area contributed by atoms with E-state index in [1.165, 1.54) is 23.9 Å². The van der Waals surface area contributed by atoms with Crippen LogP contribution in [0.1, 0.15) is 31.7 Å². The molecule has 0 saturated carbocycles. The van der Waals surface area contributed by atoms with Crippen LogP contribution in [-0.4, -0.2) is 13.4 Å². The van der Waals surface area contributed by atoms with E-state index >= 15 is 0 Å². The van der Waals surface area contributed by atoms with E-state index in [4.69, 9.17) is 11.6 Å². The quantitative estimate of drug-likeness (QED) is 0.844. The van der Waals surface area contributed by atoms with Crippen LogP contribution in [0.15, 0.2) is 47.5 Å². The summed E-state index contributed by atoms with van der Waals surface area (Å²) < 4.78 is 27.0. The Bertz CT molecular complexity index is 715. The molecule has 0 bridgehead atoms. The van der Waals surface area contributed by atoms with Crippen LogP contribution < -0.4 is 4.72 Å². The molecular formula is C15H17ClN2O2S. The van der Waals surface area contributed by atoms with Gasteiger partial charge in [-0.1, -0.05) is 37.6 Å². The first-order valence-electron chi connectivity index (χ1n) is 6.67. The molecule has 1 heterocycles. The summed E-state index contributed by atoms with van der Waals surface area (Å²) in [5.41, 5.74) is 1.68. The molecule has 4 nitrogen and oxygen atoms in total. The lowest BCUT2D eigenvalue weighted by Gasteiger charge is -2.12. The van der Waals surface area contributed by atoms with E-state index in [0.29, 0.717) is 11.6 Å². The molecule has 0 saturated heterocycles. The number of rotatable bonds is 5. The van der Waals surface area contributed by atoms with E-state index in [2.05, 4.69) is 23.6 Å². The largest absolute Gasteiger partial charge is 0.280 e. The summed E-state index contributed by atoms with van der Waals surface area (Å²) in [4.78, 5) is 3.75. The Morgan fingerprint density at radius 1 is 1.24 bits per heavy atom. The fourth-order valence-corrected chi connectivity index (χ4v) is 3.41. The molecule has 2 rings (SSSR count). The molecule has 1 N–H and O–H groups in total. The monoisotopic (exact) mass is 324 g/mol. The molecule has 0 spiro atoms. The summed E-state index contributed by atoms with van der Waals surface area (Å²) in [6.45, 7) is 4.25. The van der Waals surface area contributed by atoms with Gasteiger partial charge in [-0.25, -0.2) is 13.4 Å². The first kappa shape index (κ1) is 15.8. The molecule has 112 valence electrons. The van der Waals surface area contributed by atoms with Gasteiger partial charge in [0.15, 0.2) is 0 Å². The van der Waals surface area contributed by atoms with Crippen molar-refractivity contribution in [3.8, 4) is 0 Å². The highest BCUT2D eigenvalue weighted by Crippen LogP contribution is 2.24. The van der Waals surface area contributed by atoms with Crippen molar-refractivity contribution >= 4 is 27.3 Å². The lowest BCUT2D eigenvalue weighted by molar-refractivity contribution is 0.601. The van der Waals surface area contributed by atoms with Crippen LogP contribution in [0.4, 0.5) is 5.69 Å². The van der Waals surface area contributed by atoms with E-state index in [1.54, 1.807) is 12.1 Å². The second-order valence-corrected chi connectivity index (χ2v) is 6.84. The molecule has 0 aliphatic heterocycles. The number of hydrogen-bond donors (Lipinski definition) is 1. The zero-order valence-electron chi connectivity index (χ0n) is 11.9. The number of aromatic nitrogens is 1. The molecule has 1 aromatic heterocycles. The maximum absolute atomic E-state index is 12.3. The predicted molar refractivity (Wildman–Crippen MR) is 85.2 cm³/mol. The summed E-state index contributed by atoms with van der Waals surface area (Å²) in [7, 11) is -3.73. The summed E-state index contributed by atoms with van der Waals surface area (Å²) in [5.74, 6) is 0.448. The molecule has 21 heavy (non-hydrogen) atoms. The molecule has 0 aliphatic rings. The van der Waals surface area contributed by atoms with Gasteiger partial charge in [-0.3, -0.25) is 4.72 Å². The van der Waals surface area contributed by atoms with Crippen LogP contribution in [0, 0.1) is 0 Å². The highest BCUT2D eigenvalue weighted by atomic mass is 35.5. The number of benzene rings is 1. The molecule has 0 aliphatic carbocycles. The van der Waals surface area contributed by atoms with Crippen LogP contribution in [0.3, 0.4) is 0 Å². The Morgan fingerprint density at radius 2 is 1.90 bits per heavy atom. The van der Waals surface area contributed by atoms with Crippen molar-refractivity contribution in [1.82, 2.24) is 4.98 Å². The number of anilines is 1. The van der Waals surface area contributed by atoms with E-state index in [1.807, 2.05) is 12.1 Å². The fraction of sp³-hybridized carbons (Fsp3) is 0.267. The number of pyridine rings is 1. The molecular weight excluding hydrogens is 308 g/mol. The van der Waals surface area contributed by atoms with Crippen LogP contribution in [0.2, 0.25) is 5.15 Å². The highest BCUT2D eigenvalue weighted by molar-refractivity contribution is 7.92. The summed E-state index contributed by atoms with van der Waals surface area (Å²) >= 11 is 5.83. The Kier molecular flexibility index (Phi) is 4.85. The third-order valence-corrected chi connectivity index (χ3v) is 5.18. The lowest BCUT2D eigenvalue weighted by atomic mass is 9.99. The molecule has 1 unspecified atom stereocenters. The first-order valence-corrected chi connectivity index (χ1v) is 8.53. The van der Waals surface area contributed by atoms with E-state index in [9.17, 15) is 8.42 Å². The minimum atomic E-state index is -3.73. The van der Waals surface area contributed by atoms with Crippen LogP contribution >= 0.6 is 11.6 Å². The van der Waals surface area contributed by atoms with Gasteiger partial charge >= 0.3 is 0 Å². The van der Waals surface area contributed by atoms with Crippen molar-refractivity contribution in [2.45, 2.75) is 31.1 Å². The highest BCUT2D eigenvalue weighted by Gasteiger charge is 2.18. The summed E-state index contributed by atoms with van der Waals surface area (Å²) in [6, 6.07) is 10.3. The third kappa shape index (κ3) is 3.74. The normalized spacial score (nSPS) is 12.9. The van der Waals surface area contributed by atoms with Crippen LogP contribution in [0.5, 0.6) is 0 Å². The van der Waals surface area contributed by atoms with Gasteiger partial charge in [0, 0.05) is 11.9 Å². The molecule has 1 aromatic carbocycles. The molecule has 1 atom stereocenters. The molecule has 2 aromatic rings. The predicted octanol–water partition coefficient (Wildman–Crippen LogP) is 4.05. The number of nitrogens with zero attached hydrogens (tertiary/aromatic N) is 1. The van der Waals surface area contributed by atoms with Crippen molar-refractivity contribution in [2.75, 3.05) is 4.72 Å². The lowest BCUT2D eigenvalue weighted by Crippen LogP contribution is -2.13. The van der Waals surface area contributed by atoms with Crippen molar-refractivity contribution in [1.29, 1.82) is 0 Å². The Balaban J connectivity index is 2.23. The van der Waals surface area contributed by atoms with Gasteiger partial charge in [-0.05, 0) is 42.2 Å². The van der Waals surface area contributed by atoms with Crippen LogP contribution in [-0.2, 0) is 10.0 Å². The van der Waals surface area contributed by atoms with Gasteiger partial charge in [0.05, 0.1) is 0 Å². The number of hydrogen-bond acceptors (Lipinski definition) is 3. The van der Waals surface area contributed by atoms with Gasteiger partial charge in [-0.15, -0.1) is 0 Å². The smallest absolute Gasteiger partial charge is 0.264 e. The Morgan fingerprint density at radius 3 is 2.48 bits per heavy atom. The van der Waals surface area contributed by atoms with Gasteiger partial charge in [0.2, 0.25) is 0 Å². The van der Waals surface area contributed by atoms with Crippen LogP contribution in [0.25, 0.3) is 0 Å². The van der Waals surface area contributed by atoms with Crippen molar-refractivity contribution < 1.29 is 8.42 Å². The number of halogens is 1. The molecule has 0 fully saturated rings. The first-order chi connectivity index (χ1) is 9.94.